The monoisotopic (exact) mass is 406 g/mol. The first-order valence-electron chi connectivity index (χ1n) is 10.2. The summed E-state index contributed by atoms with van der Waals surface area (Å²) >= 11 is 0. The molecule has 162 valence electrons. The fourth-order valence-corrected chi connectivity index (χ4v) is 3.22. The lowest BCUT2D eigenvalue weighted by Crippen LogP contribution is -2.53. The van der Waals surface area contributed by atoms with E-state index in [2.05, 4.69) is 5.32 Å². The first kappa shape index (κ1) is 23.0. The van der Waals surface area contributed by atoms with Crippen molar-refractivity contribution in [2.45, 2.75) is 71.7 Å². The smallest absolute Gasteiger partial charge is 0.410 e. The van der Waals surface area contributed by atoms with E-state index in [0.29, 0.717) is 31.6 Å². The number of anilines is 1. The van der Waals surface area contributed by atoms with Crippen LogP contribution in [0, 0.1) is 5.92 Å². The van der Waals surface area contributed by atoms with Crippen LogP contribution in [0.25, 0.3) is 0 Å². The van der Waals surface area contributed by atoms with Gasteiger partial charge >= 0.3 is 6.09 Å². The SMILES string of the molecule is CC(C)Oc1ccc(NC(=O)C(C)C2(O)CCN(C(=O)OC(C)(C)C)CC2)cc1. The average molecular weight is 407 g/mol. The van der Waals surface area contributed by atoms with Gasteiger partial charge < -0.3 is 24.8 Å². The molecule has 1 unspecified atom stereocenters. The van der Waals surface area contributed by atoms with Gasteiger partial charge in [-0.2, -0.15) is 0 Å². The van der Waals surface area contributed by atoms with Crippen LogP contribution in [0.15, 0.2) is 24.3 Å². The van der Waals surface area contributed by atoms with Crippen LogP contribution in [-0.2, 0) is 9.53 Å². The molecule has 1 aliphatic heterocycles. The molecule has 1 saturated heterocycles. The van der Waals surface area contributed by atoms with Crippen LogP contribution < -0.4 is 10.1 Å². The van der Waals surface area contributed by atoms with Gasteiger partial charge in [0.15, 0.2) is 0 Å². The highest BCUT2D eigenvalue weighted by atomic mass is 16.6. The number of carbonyl (C=O) groups is 2. The van der Waals surface area contributed by atoms with Crippen molar-refractivity contribution in [2.24, 2.45) is 5.92 Å². The molecule has 1 fully saturated rings. The maximum atomic E-state index is 12.7. The van der Waals surface area contributed by atoms with Crippen LogP contribution in [0.2, 0.25) is 0 Å². The second-order valence-corrected chi connectivity index (χ2v) is 8.97. The van der Waals surface area contributed by atoms with E-state index in [1.54, 1.807) is 36.1 Å². The minimum atomic E-state index is -1.16. The molecule has 29 heavy (non-hydrogen) atoms. The second kappa shape index (κ2) is 9.03. The quantitative estimate of drug-likeness (QED) is 0.776. The molecule has 0 aliphatic carbocycles. The standard InChI is InChI=1S/C22H34N2O5/c1-15(2)28-18-9-7-17(8-10-18)23-19(25)16(3)22(27)11-13-24(14-12-22)20(26)29-21(4,5)6/h7-10,15-16,27H,11-14H2,1-6H3,(H,23,25). The van der Waals surface area contributed by atoms with Crippen LogP contribution in [0.3, 0.4) is 0 Å². The van der Waals surface area contributed by atoms with E-state index >= 15 is 0 Å². The molecule has 0 radical (unpaired) electrons. The zero-order chi connectivity index (χ0) is 21.8. The van der Waals surface area contributed by atoms with E-state index in [9.17, 15) is 14.7 Å². The Morgan fingerprint density at radius 3 is 2.14 bits per heavy atom. The molecule has 0 bridgehead atoms. The highest BCUT2D eigenvalue weighted by molar-refractivity contribution is 5.93. The summed E-state index contributed by atoms with van der Waals surface area (Å²) in [5.41, 5.74) is -1.08. The topological polar surface area (TPSA) is 88.1 Å². The molecule has 0 saturated carbocycles. The number of rotatable bonds is 5. The average Bonchev–Trinajstić information content (AvgIpc) is 2.61. The molecule has 2 N–H and O–H groups in total. The van der Waals surface area contributed by atoms with E-state index in [-0.39, 0.29) is 18.1 Å². The summed E-state index contributed by atoms with van der Waals surface area (Å²) in [6.45, 7) is 11.8. The van der Waals surface area contributed by atoms with Gasteiger partial charge in [-0.15, -0.1) is 0 Å². The largest absolute Gasteiger partial charge is 0.491 e. The number of benzene rings is 1. The molecule has 0 spiro atoms. The van der Waals surface area contributed by atoms with E-state index in [0.717, 1.165) is 5.75 Å². The molecule has 7 nitrogen and oxygen atoms in total. The number of hydrogen-bond donors (Lipinski definition) is 2. The van der Waals surface area contributed by atoms with E-state index < -0.39 is 17.1 Å². The van der Waals surface area contributed by atoms with Gasteiger partial charge in [0.2, 0.25) is 5.91 Å². The summed E-state index contributed by atoms with van der Waals surface area (Å²) in [5, 5.41) is 13.9. The Labute approximate surface area is 173 Å². The Kier molecular flexibility index (Phi) is 7.16. The summed E-state index contributed by atoms with van der Waals surface area (Å²) < 4.78 is 11.0. The third kappa shape index (κ3) is 6.63. The Morgan fingerprint density at radius 1 is 1.10 bits per heavy atom. The summed E-state index contributed by atoms with van der Waals surface area (Å²) in [4.78, 5) is 26.5. The Hall–Kier alpha value is -2.28. The number of nitrogens with zero attached hydrogens (tertiary/aromatic N) is 1. The number of ether oxygens (including phenoxy) is 2. The van der Waals surface area contributed by atoms with Gasteiger partial charge in [-0.3, -0.25) is 4.79 Å². The lowest BCUT2D eigenvalue weighted by atomic mass is 9.80. The fraction of sp³-hybridized carbons (Fsp3) is 0.636. The molecular weight excluding hydrogens is 372 g/mol. The number of likely N-dealkylation sites (tertiary alicyclic amines) is 1. The molecule has 1 atom stereocenters. The molecule has 1 aliphatic rings. The van der Waals surface area contributed by atoms with Crippen molar-refractivity contribution in [3.63, 3.8) is 0 Å². The Morgan fingerprint density at radius 2 is 1.66 bits per heavy atom. The Balaban J connectivity index is 1.91. The summed E-state index contributed by atoms with van der Waals surface area (Å²) in [5.74, 6) is -0.134. The van der Waals surface area contributed by atoms with Crippen molar-refractivity contribution in [2.75, 3.05) is 18.4 Å². The number of amides is 2. The first-order valence-corrected chi connectivity index (χ1v) is 10.2. The number of carbonyl (C=O) groups excluding carboxylic acids is 2. The number of piperidine rings is 1. The Bertz CT molecular complexity index is 701. The normalized spacial score (nSPS) is 17.6. The van der Waals surface area contributed by atoms with Crippen molar-refractivity contribution in [3.8, 4) is 5.75 Å². The van der Waals surface area contributed by atoms with Gasteiger partial charge in [-0.25, -0.2) is 4.79 Å². The van der Waals surface area contributed by atoms with Crippen LogP contribution >= 0.6 is 0 Å². The minimum Gasteiger partial charge on any atom is -0.491 e. The van der Waals surface area contributed by atoms with Gasteiger partial charge in [-0.05, 0) is 71.7 Å². The van der Waals surface area contributed by atoms with E-state index in [1.165, 1.54) is 0 Å². The summed E-state index contributed by atoms with van der Waals surface area (Å²) in [7, 11) is 0. The second-order valence-electron chi connectivity index (χ2n) is 8.97. The zero-order valence-electron chi connectivity index (χ0n) is 18.3. The molecule has 1 aromatic carbocycles. The first-order chi connectivity index (χ1) is 13.4. The van der Waals surface area contributed by atoms with Crippen LogP contribution in [0.1, 0.15) is 54.4 Å². The van der Waals surface area contributed by atoms with Crippen molar-refractivity contribution >= 4 is 17.7 Å². The predicted octanol–water partition coefficient (Wildman–Crippen LogP) is 3.81. The fourth-order valence-electron chi connectivity index (χ4n) is 3.22. The third-order valence-corrected chi connectivity index (χ3v) is 4.97. The molecule has 0 aromatic heterocycles. The van der Waals surface area contributed by atoms with Crippen molar-refractivity contribution < 1.29 is 24.2 Å². The molecule has 2 amide bonds. The van der Waals surface area contributed by atoms with E-state index in [1.807, 2.05) is 34.6 Å². The molecule has 7 heteroatoms. The van der Waals surface area contributed by atoms with Crippen LogP contribution in [0.5, 0.6) is 5.75 Å². The molecule has 2 rings (SSSR count). The van der Waals surface area contributed by atoms with Gasteiger partial charge in [-0.1, -0.05) is 6.92 Å². The van der Waals surface area contributed by atoms with Gasteiger partial charge in [0.25, 0.3) is 0 Å². The van der Waals surface area contributed by atoms with Crippen molar-refractivity contribution in [1.82, 2.24) is 4.90 Å². The molecule has 1 heterocycles. The molecular formula is C22H34N2O5. The number of nitrogens with one attached hydrogen (secondary N) is 1. The maximum Gasteiger partial charge on any atom is 0.410 e. The summed E-state index contributed by atoms with van der Waals surface area (Å²) in [6, 6.07) is 7.15. The molecule has 1 aromatic rings. The third-order valence-electron chi connectivity index (χ3n) is 4.97. The van der Waals surface area contributed by atoms with Crippen LogP contribution in [0.4, 0.5) is 10.5 Å². The minimum absolute atomic E-state index is 0.0799. The highest BCUT2D eigenvalue weighted by Gasteiger charge is 2.42. The van der Waals surface area contributed by atoms with Gasteiger partial charge in [0.05, 0.1) is 17.6 Å². The summed E-state index contributed by atoms with van der Waals surface area (Å²) in [6.07, 6.45) is 0.334. The van der Waals surface area contributed by atoms with Gasteiger partial charge in [0, 0.05) is 18.8 Å². The van der Waals surface area contributed by atoms with Crippen LogP contribution in [-0.4, -0.2) is 52.4 Å². The van der Waals surface area contributed by atoms with Gasteiger partial charge in [0.1, 0.15) is 11.4 Å². The van der Waals surface area contributed by atoms with Crippen molar-refractivity contribution in [1.29, 1.82) is 0 Å². The van der Waals surface area contributed by atoms with E-state index in [4.69, 9.17) is 9.47 Å². The number of hydrogen-bond acceptors (Lipinski definition) is 5. The lowest BCUT2D eigenvalue weighted by Gasteiger charge is -2.41. The van der Waals surface area contributed by atoms with Crippen molar-refractivity contribution in [3.05, 3.63) is 24.3 Å². The zero-order valence-corrected chi connectivity index (χ0v) is 18.3. The highest BCUT2D eigenvalue weighted by Crippen LogP contribution is 2.31. The predicted molar refractivity (Wildman–Crippen MR) is 112 cm³/mol. The maximum absolute atomic E-state index is 12.7. The number of aliphatic hydroxyl groups is 1. The lowest BCUT2D eigenvalue weighted by molar-refractivity contribution is -0.132.